The van der Waals surface area contributed by atoms with Crippen molar-refractivity contribution in [3.8, 4) is 0 Å². The summed E-state index contributed by atoms with van der Waals surface area (Å²) in [5.41, 5.74) is 0.744. The lowest BCUT2D eigenvalue weighted by Gasteiger charge is -2.16. The van der Waals surface area contributed by atoms with Crippen molar-refractivity contribution in [2.24, 2.45) is 7.05 Å². The number of anilines is 1. The van der Waals surface area contributed by atoms with Crippen LogP contribution in [-0.4, -0.2) is 20.4 Å². The van der Waals surface area contributed by atoms with Crippen molar-refractivity contribution < 1.29 is 4.79 Å². The Balaban J connectivity index is 2.18. The Morgan fingerprint density at radius 3 is 2.24 bits per heavy atom. The SMILES string of the molecule is Cn1c(C(=O)Nc2cnc(C(C)(C)C)nc2)cc(Cl)c1Cl. The van der Waals surface area contributed by atoms with Gasteiger partial charge in [-0.25, -0.2) is 9.97 Å². The van der Waals surface area contributed by atoms with Gasteiger partial charge in [0.15, 0.2) is 0 Å². The van der Waals surface area contributed by atoms with Gasteiger partial charge in [0, 0.05) is 12.5 Å². The van der Waals surface area contributed by atoms with Crippen molar-refractivity contribution in [2.45, 2.75) is 26.2 Å². The highest BCUT2D eigenvalue weighted by molar-refractivity contribution is 6.42. The van der Waals surface area contributed by atoms with Gasteiger partial charge in [0.1, 0.15) is 16.7 Å². The molecule has 1 amide bonds. The van der Waals surface area contributed by atoms with Crippen LogP contribution in [0, 0.1) is 0 Å². The first-order chi connectivity index (χ1) is 9.70. The van der Waals surface area contributed by atoms with E-state index in [1.54, 1.807) is 19.4 Å². The average molecular weight is 327 g/mol. The predicted molar refractivity (Wildman–Crippen MR) is 84.1 cm³/mol. The van der Waals surface area contributed by atoms with Gasteiger partial charge in [-0.2, -0.15) is 0 Å². The molecule has 21 heavy (non-hydrogen) atoms. The number of hydrogen-bond acceptors (Lipinski definition) is 3. The van der Waals surface area contributed by atoms with Gasteiger partial charge in [-0.1, -0.05) is 44.0 Å². The van der Waals surface area contributed by atoms with Gasteiger partial charge in [0.25, 0.3) is 5.91 Å². The van der Waals surface area contributed by atoms with E-state index in [0.29, 0.717) is 27.4 Å². The van der Waals surface area contributed by atoms with Crippen LogP contribution in [0.5, 0.6) is 0 Å². The van der Waals surface area contributed by atoms with E-state index < -0.39 is 0 Å². The fourth-order valence-electron chi connectivity index (χ4n) is 1.74. The standard InChI is InChI=1S/C14H16Cl2N4O/c1-14(2,3)13-17-6-8(7-18-13)19-12(21)10-5-9(15)11(16)20(10)4/h5-7H,1-4H3,(H,19,21). The molecule has 2 aromatic rings. The molecule has 5 nitrogen and oxygen atoms in total. The summed E-state index contributed by atoms with van der Waals surface area (Å²) in [5.74, 6) is 0.392. The van der Waals surface area contributed by atoms with Crippen LogP contribution in [0.15, 0.2) is 18.5 Å². The highest BCUT2D eigenvalue weighted by Crippen LogP contribution is 2.25. The minimum Gasteiger partial charge on any atom is -0.329 e. The molecule has 2 rings (SSSR count). The second-order valence-corrected chi connectivity index (χ2v) is 6.49. The third kappa shape index (κ3) is 3.36. The zero-order chi connectivity index (χ0) is 15.8. The molecule has 2 aromatic heterocycles. The van der Waals surface area contributed by atoms with E-state index >= 15 is 0 Å². The number of amides is 1. The maximum atomic E-state index is 12.2. The fraction of sp³-hybridized carbons (Fsp3) is 0.357. The monoisotopic (exact) mass is 326 g/mol. The lowest BCUT2D eigenvalue weighted by atomic mass is 9.96. The number of nitrogens with one attached hydrogen (secondary N) is 1. The molecule has 0 spiro atoms. The zero-order valence-corrected chi connectivity index (χ0v) is 13.7. The first-order valence-corrected chi connectivity index (χ1v) is 7.10. The third-order valence-electron chi connectivity index (χ3n) is 2.93. The maximum Gasteiger partial charge on any atom is 0.272 e. The Labute approximate surface area is 133 Å². The van der Waals surface area contributed by atoms with E-state index in [0.717, 1.165) is 0 Å². The van der Waals surface area contributed by atoms with E-state index in [-0.39, 0.29) is 11.3 Å². The molecule has 0 unspecified atom stereocenters. The normalized spacial score (nSPS) is 11.5. The topological polar surface area (TPSA) is 59.8 Å². The second kappa shape index (κ2) is 5.66. The Morgan fingerprint density at radius 2 is 1.81 bits per heavy atom. The summed E-state index contributed by atoms with van der Waals surface area (Å²) in [6.07, 6.45) is 3.16. The van der Waals surface area contributed by atoms with Crippen molar-refractivity contribution in [1.29, 1.82) is 0 Å². The summed E-state index contributed by atoms with van der Waals surface area (Å²) in [4.78, 5) is 20.7. The van der Waals surface area contributed by atoms with E-state index in [9.17, 15) is 4.79 Å². The van der Waals surface area contributed by atoms with E-state index in [1.807, 2.05) is 20.8 Å². The lowest BCUT2D eigenvalue weighted by molar-refractivity contribution is 0.101. The molecule has 0 saturated heterocycles. The highest BCUT2D eigenvalue weighted by atomic mass is 35.5. The summed E-state index contributed by atoms with van der Waals surface area (Å²) in [6, 6.07) is 1.52. The quantitative estimate of drug-likeness (QED) is 0.915. The second-order valence-electron chi connectivity index (χ2n) is 5.73. The summed E-state index contributed by atoms with van der Waals surface area (Å²) < 4.78 is 1.52. The number of rotatable bonds is 2. The van der Waals surface area contributed by atoms with Crippen LogP contribution in [0.3, 0.4) is 0 Å². The van der Waals surface area contributed by atoms with Crippen LogP contribution in [-0.2, 0) is 12.5 Å². The van der Waals surface area contributed by atoms with Gasteiger partial charge >= 0.3 is 0 Å². The summed E-state index contributed by atoms with van der Waals surface area (Å²) >= 11 is 11.8. The molecule has 0 atom stereocenters. The molecular weight excluding hydrogens is 311 g/mol. The first-order valence-electron chi connectivity index (χ1n) is 6.34. The number of carbonyl (C=O) groups is 1. The smallest absolute Gasteiger partial charge is 0.272 e. The molecule has 0 aliphatic carbocycles. The van der Waals surface area contributed by atoms with Crippen LogP contribution in [0.25, 0.3) is 0 Å². The van der Waals surface area contributed by atoms with Crippen LogP contribution < -0.4 is 5.32 Å². The van der Waals surface area contributed by atoms with Gasteiger partial charge in [-0.15, -0.1) is 0 Å². The number of hydrogen-bond donors (Lipinski definition) is 1. The Morgan fingerprint density at radius 1 is 1.24 bits per heavy atom. The maximum absolute atomic E-state index is 12.2. The minimum atomic E-state index is -0.321. The number of nitrogens with zero attached hydrogens (tertiary/aromatic N) is 3. The van der Waals surface area contributed by atoms with E-state index in [1.165, 1.54) is 10.6 Å². The van der Waals surface area contributed by atoms with Crippen molar-refractivity contribution in [3.63, 3.8) is 0 Å². The van der Waals surface area contributed by atoms with Gasteiger partial charge in [-0.05, 0) is 6.07 Å². The van der Waals surface area contributed by atoms with E-state index in [2.05, 4.69) is 15.3 Å². The van der Waals surface area contributed by atoms with E-state index in [4.69, 9.17) is 23.2 Å². The Hall–Kier alpha value is -1.59. The van der Waals surface area contributed by atoms with Gasteiger partial charge in [0.05, 0.1) is 23.1 Å². The first kappa shape index (κ1) is 15.8. The van der Waals surface area contributed by atoms with Crippen molar-refractivity contribution >= 4 is 34.8 Å². The average Bonchev–Trinajstić information content (AvgIpc) is 2.66. The van der Waals surface area contributed by atoms with Crippen LogP contribution in [0.4, 0.5) is 5.69 Å². The largest absolute Gasteiger partial charge is 0.329 e. The summed E-state index contributed by atoms with van der Waals surface area (Å²) in [6.45, 7) is 6.07. The molecule has 1 N–H and O–H groups in total. The molecule has 0 aliphatic rings. The van der Waals surface area contributed by atoms with Crippen LogP contribution in [0.2, 0.25) is 10.2 Å². The molecular formula is C14H16Cl2N4O. The molecule has 2 heterocycles. The molecule has 0 radical (unpaired) electrons. The molecule has 0 aromatic carbocycles. The summed E-state index contributed by atoms with van der Waals surface area (Å²) in [7, 11) is 1.67. The highest BCUT2D eigenvalue weighted by Gasteiger charge is 2.18. The van der Waals surface area contributed by atoms with Gasteiger partial charge in [-0.3, -0.25) is 4.79 Å². The van der Waals surface area contributed by atoms with Crippen LogP contribution in [0.1, 0.15) is 37.1 Å². The van der Waals surface area contributed by atoms with Crippen molar-refractivity contribution in [1.82, 2.24) is 14.5 Å². The molecule has 0 aliphatic heterocycles. The van der Waals surface area contributed by atoms with Crippen molar-refractivity contribution in [2.75, 3.05) is 5.32 Å². The van der Waals surface area contributed by atoms with Crippen molar-refractivity contribution in [3.05, 3.63) is 40.2 Å². The molecule has 112 valence electrons. The molecule has 0 fully saturated rings. The summed E-state index contributed by atoms with van der Waals surface area (Å²) in [5, 5.41) is 3.37. The Bertz CT molecular complexity index is 672. The fourth-order valence-corrected chi connectivity index (χ4v) is 2.11. The van der Waals surface area contributed by atoms with Gasteiger partial charge in [0.2, 0.25) is 0 Å². The van der Waals surface area contributed by atoms with Crippen LogP contribution >= 0.6 is 23.2 Å². The van der Waals surface area contributed by atoms with Gasteiger partial charge < -0.3 is 9.88 Å². The third-order valence-corrected chi connectivity index (χ3v) is 3.77. The lowest BCUT2D eigenvalue weighted by Crippen LogP contribution is -2.18. The minimum absolute atomic E-state index is 0.137. The number of carbonyl (C=O) groups excluding carboxylic acids is 1. The number of aromatic nitrogens is 3. The molecule has 0 bridgehead atoms. The molecule has 7 heteroatoms. The Kier molecular flexibility index (Phi) is 4.25. The predicted octanol–water partition coefficient (Wildman–Crippen LogP) is 3.67. The number of halogens is 2. The zero-order valence-electron chi connectivity index (χ0n) is 12.2. The molecule has 0 saturated carbocycles.